The van der Waals surface area contributed by atoms with E-state index in [4.69, 9.17) is 9.47 Å². The third-order valence-electron chi connectivity index (χ3n) is 3.89. The minimum atomic E-state index is -0.490. The summed E-state index contributed by atoms with van der Waals surface area (Å²) in [5.74, 6) is -0.131. The van der Waals surface area contributed by atoms with Gasteiger partial charge in [0.05, 0.1) is 7.11 Å². The lowest BCUT2D eigenvalue weighted by atomic mass is 9.88. The maximum Gasteiger partial charge on any atom is 0.324 e. The van der Waals surface area contributed by atoms with Crippen LogP contribution in [0.2, 0.25) is 0 Å². The number of carbonyl (C=O) groups excluding carboxylic acids is 2. The molecular weight excluding hydrogens is 246 g/mol. The lowest BCUT2D eigenvalue weighted by Crippen LogP contribution is -2.53. The number of carbonyl (C=O) groups is 2. The van der Waals surface area contributed by atoms with Crippen LogP contribution in [0, 0.1) is 5.92 Å². The highest BCUT2D eigenvalue weighted by molar-refractivity contribution is 5.81. The zero-order valence-electron chi connectivity index (χ0n) is 12.1. The summed E-state index contributed by atoms with van der Waals surface area (Å²) >= 11 is 0. The molecule has 5 heteroatoms. The van der Waals surface area contributed by atoms with Crippen molar-refractivity contribution in [2.45, 2.75) is 57.7 Å². The van der Waals surface area contributed by atoms with Gasteiger partial charge in [0.15, 0.2) is 0 Å². The Labute approximate surface area is 114 Å². The monoisotopic (exact) mass is 269 g/mol. The van der Waals surface area contributed by atoms with Crippen LogP contribution in [-0.2, 0) is 19.1 Å². The van der Waals surface area contributed by atoms with Crippen LogP contribution < -0.4 is 0 Å². The predicted molar refractivity (Wildman–Crippen MR) is 69.5 cm³/mol. The molecular formula is C14H23NO4. The summed E-state index contributed by atoms with van der Waals surface area (Å²) in [6.07, 6.45) is 2.62. The van der Waals surface area contributed by atoms with Crippen molar-refractivity contribution in [1.82, 2.24) is 4.90 Å². The van der Waals surface area contributed by atoms with Crippen LogP contribution in [0.4, 0.5) is 0 Å². The average molecular weight is 269 g/mol. The Hall–Kier alpha value is -1.10. The fourth-order valence-corrected chi connectivity index (χ4v) is 3.15. The van der Waals surface area contributed by atoms with Gasteiger partial charge in [-0.3, -0.25) is 14.5 Å². The van der Waals surface area contributed by atoms with E-state index in [1.54, 1.807) is 0 Å². The Bertz CT molecular complexity index is 374. The molecule has 0 aromatic carbocycles. The smallest absolute Gasteiger partial charge is 0.324 e. The quantitative estimate of drug-likeness (QED) is 0.708. The molecule has 2 fully saturated rings. The lowest BCUT2D eigenvalue weighted by molar-refractivity contribution is -0.166. The van der Waals surface area contributed by atoms with Gasteiger partial charge in [-0.05, 0) is 46.0 Å². The molecule has 0 N–H and O–H groups in total. The van der Waals surface area contributed by atoms with Gasteiger partial charge in [-0.2, -0.15) is 0 Å². The molecule has 108 valence electrons. The summed E-state index contributed by atoms with van der Waals surface area (Å²) in [5, 5.41) is 0. The molecule has 2 aliphatic rings. The second kappa shape index (κ2) is 5.12. The number of methoxy groups -OCH3 is 1. The van der Waals surface area contributed by atoms with E-state index in [0.29, 0.717) is 5.92 Å². The molecule has 0 saturated carbocycles. The van der Waals surface area contributed by atoms with Gasteiger partial charge in [-0.15, -0.1) is 0 Å². The first-order chi connectivity index (χ1) is 8.83. The van der Waals surface area contributed by atoms with E-state index < -0.39 is 5.60 Å². The number of hydrogen-bond donors (Lipinski definition) is 0. The van der Waals surface area contributed by atoms with Crippen molar-refractivity contribution in [3.05, 3.63) is 0 Å². The first-order valence-electron chi connectivity index (χ1n) is 6.90. The van der Waals surface area contributed by atoms with Gasteiger partial charge in [-0.25, -0.2) is 0 Å². The zero-order chi connectivity index (χ0) is 14.2. The Balaban J connectivity index is 2.12. The van der Waals surface area contributed by atoms with Gasteiger partial charge in [-0.1, -0.05) is 0 Å². The van der Waals surface area contributed by atoms with Gasteiger partial charge in [0.2, 0.25) is 0 Å². The third kappa shape index (κ3) is 2.91. The summed E-state index contributed by atoms with van der Waals surface area (Å²) in [5.41, 5.74) is -0.490. The van der Waals surface area contributed by atoms with Gasteiger partial charge in [0, 0.05) is 6.54 Å². The van der Waals surface area contributed by atoms with E-state index >= 15 is 0 Å². The molecule has 2 bridgehead atoms. The highest BCUT2D eigenvalue weighted by atomic mass is 16.6. The Morgan fingerprint density at radius 2 is 1.79 bits per heavy atom. The SMILES string of the molecule is COC(=O)C1CCC2CCN1C2C(=O)OC(C)(C)C. The minimum Gasteiger partial charge on any atom is -0.468 e. The van der Waals surface area contributed by atoms with E-state index in [0.717, 1.165) is 25.8 Å². The van der Waals surface area contributed by atoms with Gasteiger partial charge in [0.25, 0.3) is 0 Å². The van der Waals surface area contributed by atoms with E-state index in [9.17, 15) is 9.59 Å². The molecule has 2 saturated heterocycles. The van der Waals surface area contributed by atoms with Crippen molar-refractivity contribution >= 4 is 11.9 Å². The molecule has 0 aliphatic carbocycles. The van der Waals surface area contributed by atoms with Crippen molar-refractivity contribution in [2.75, 3.05) is 13.7 Å². The van der Waals surface area contributed by atoms with Crippen molar-refractivity contribution in [3.63, 3.8) is 0 Å². The van der Waals surface area contributed by atoms with E-state index in [-0.39, 0.29) is 24.0 Å². The molecule has 0 amide bonds. The topological polar surface area (TPSA) is 55.8 Å². The molecule has 2 rings (SSSR count). The van der Waals surface area contributed by atoms with E-state index in [1.807, 2.05) is 25.7 Å². The first kappa shape index (κ1) is 14.3. The maximum atomic E-state index is 12.3. The standard InChI is InChI=1S/C14H23NO4/c1-14(2,3)19-13(17)11-9-5-6-10(12(16)18-4)15(11)8-7-9/h9-11H,5-8H2,1-4H3. The molecule has 4 unspecified atom stereocenters. The minimum absolute atomic E-state index is 0.205. The molecule has 0 radical (unpaired) electrons. The fourth-order valence-electron chi connectivity index (χ4n) is 3.15. The Kier molecular flexibility index (Phi) is 3.85. The van der Waals surface area contributed by atoms with Crippen LogP contribution in [-0.4, -0.2) is 48.2 Å². The highest BCUT2D eigenvalue weighted by Gasteiger charge is 2.49. The molecule has 0 spiro atoms. The van der Waals surface area contributed by atoms with Crippen molar-refractivity contribution in [2.24, 2.45) is 5.92 Å². The summed E-state index contributed by atoms with van der Waals surface area (Å²) in [6.45, 7) is 6.36. The molecule has 4 atom stereocenters. The third-order valence-corrected chi connectivity index (χ3v) is 3.89. The number of nitrogens with zero attached hydrogens (tertiary/aromatic N) is 1. The number of hydrogen-bond acceptors (Lipinski definition) is 5. The van der Waals surface area contributed by atoms with Crippen LogP contribution in [0.5, 0.6) is 0 Å². The van der Waals surface area contributed by atoms with E-state index in [1.165, 1.54) is 7.11 Å². The molecule has 2 aliphatic heterocycles. The van der Waals surface area contributed by atoms with E-state index in [2.05, 4.69) is 0 Å². The van der Waals surface area contributed by atoms with Crippen molar-refractivity contribution < 1.29 is 19.1 Å². The summed E-state index contributed by atoms with van der Waals surface area (Å²) < 4.78 is 10.3. The second-order valence-corrected chi connectivity index (χ2v) is 6.38. The maximum absolute atomic E-state index is 12.3. The summed E-state index contributed by atoms with van der Waals surface area (Å²) in [6, 6.07) is -0.571. The number of ether oxygens (including phenoxy) is 2. The zero-order valence-corrected chi connectivity index (χ0v) is 12.1. The molecule has 0 aromatic rings. The number of piperidine rings is 1. The van der Waals surface area contributed by atoms with Crippen LogP contribution in [0.3, 0.4) is 0 Å². The molecule has 2 heterocycles. The normalized spacial score (nSPS) is 33.9. The Morgan fingerprint density at radius 3 is 2.37 bits per heavy atom. The molecule has 5 nitrogen and oxygen atoms in total. The molecule has 19 heavy (non-hydrogen) atoms. The lowest BCUT2D eigenvalue weighted by Gasteiger charge is -2.37. The van der Waals surface area contributed by atoms with Crippen LogP contribution in [0.15, 0.2) is 0 Å². The predicted octanol–water partition coefficient (Wildman–Crippen LogP) is 1.35. The van der Waals surface area contributed by atoms with Gasteiger partial charge >= 0.3 is 11.9 Å². The average Bonchev–Trinajstić information content (AvgIpc) is 2.61. The van der Waals surface area contributed by atoms with Crippen molar-refractivity contribution in [1.29, 1.82) is 0 Å². The summed E-state index contributed by atoms with van der Waals surface area (Å²) in [7, 11) is 1.40. The molecule has 0 aromatic heterocycles. The Morgan fingerprint density at radius 1 is 1.11 bits per heavy atom. The van der Waals surface area contributed by atoms with Gasteiger partial charge < -0.3 is 9.47 Å². The van der Waals surface area contributed by atoms with Crippen LogP contribution >= 0.6 is 0 Å². The first-order valence-corrected chi connectivity index (χ1v) is 6.90. The van der Waals surface area contributed by atoms with Crippen LogP contribution in [0.1, 0.15) is 40.0 Å². The summed E-state index contributed by atoms with van der Waals surface area (Å²) in [4.78, 5) is 26.1. The second-order valence-electron chi connectivity index (χ2n) is 6.38. The van der Waals surface area contributed by atoms with Crippen LogP contribution in [0.25, 0.3) is 0 Å². The number of rotatable bonds is 2. The van der Waals surface area contributed by atoms with Crippen molar-refractivity contribution in [3.8, 4) is 0 Å². The number of fused-ring (bicyclic) bond motifs is 2. The van der Waals surface area contributed by atoms with Gasteiger partial charge in [0.1, 0.15) is 17.7 Å². The number of esters is 2. The highest BCUT2D eigenvalue weighted by Crippen LogP contribution is 2.38. The largest absolute Gasteiger partial charge is 0.468 e. The fraction of sp³-hybridized carbons (Fsp3) is 0.857.